The van der Waals surface area contributed by atoms with E-state index in [0.717, 1.165) is 16.9 Å². The Hall–Kier alpha value is -1.32. The van der Waals surface area contributed by atoms with Gasteiger partial charge in [0.2, 0.25) is 0 Å². The molecule has 16 heavy (non-hydrogen) atoms. The minimum atomic E-state index is 0.0153. The van der Waals surface area contributed by atoms with E-state index in [1.165, 1.54) is 4.88 Å². The van der Waals surface area contributed by atoms with E-state index in [2.05, 4.69) is 0 Å². The number of thiophene rings is 1. The van der Waals surface area contributed by atoms with Gasteiger partial charge in [-0.25, -0.2) is 0 Å². The van der Waals surface area contributed by atoms with E-state index >= 15 is 0 Å². The van der Waals surface area contributed by atoms with Crippen LogP contribution in [0.5, 0.6) is 5.75 Å². The molecule has 0 aliphatic heterocycles. The van der Waals surface area contributed by atoms with Crippen molar-refractivity contribution in [2.75, 3.05) is 0 Å². The van der Waals surface area contributed by atoms with Gasteiger partial charge in [-0.1, -0.05) is 24.3 Å². The van der Waals surface area contributed by atoms with Crippen molar-refractivity contribution in [1.29, 1.82) is 0 Å². The molecule has 0 fully saturated rings. The minimum absolute atomic E-state index is 0.0153. The van der Waals surface area contributed by atoms with Crippen molar-refractivity contribution in [2.24, 2.45) is 0 Å². The maximum Gasteiger partial charge on any atom is 0.128 e. The first-order valence-electron chi connectivity index (χ1n) is 5.16. The second kappa shape index (κ2) is 5.14. The number of hydrogen-bond acceptors (Lipinski definition) is 3. The van der Waals surface area contributed by atoms with Crippen molar-refractivity contribution in [3.05, 3.63) is 51.7 Å². The Kier molecular flexibility index (Phi) is 3.59. The average Bonchev–Trinajstić information content (AvgIpc) is 2.80. The zero-order valence-electron chi connectivity index (χ0n) is 9.14. The molecule has 3 heteroatoms. The zero-order chi connectivity index (χ0) is 11.4. The number of para-hydroxylation sites is 1. The Labute approximate surface area is 99.1 Å². The maximum atomic E-state index is 9.22. The number of ether oxygens (including phenoxy) is 1. The molecule has 0 saturated carbocycles. The van der Waals surface area contributed by atoms with Crippen LogP contribution in [0.15, 0.2) is 35.7 Å². The van der Waals surface area contributed by atoms with Gasteiger partial charge >= 0.3 is 0 Å². The van der Waals surface area contributed by atoms with Gasteiger partial charge in [-0.2, -0.15) is 0 Å². The quantitative estimate of drug-likeness (QED) is 0.880. The molecule has 2 nitrogen and oxygen atoms in total. The van der Waals surface area contributed by atoms with Crippen molar-refractivity contribution in [1.82, 2.24) is 0 Å². The van der Waals surface area contributed by atoms with Crippen LogP contribution in [0.25, 0.3) is 0 Å². The highest BCUT2D eigenvalue weighted by molar-refractivity contribution is 7.09. The Morgan fingerprint density at radius 1 is 1.25 bits per heavy atom. The summed E-state index contributed by atoms with van der Waals surface area (Å²) in [7, 11) is 0. The van der Waals surface area contributed by atoms with E-state index in [9.17, 15) is 5.11 Å². The molecule has 0 bridgehead atoms. The van der Waals surface area contributed by atoms with Gasteiger partial charge in [0.1, 0.15) is 12.4 Å². The molecule has 0 unspecified atom stereocenters. The van der Waals surface area contributed by atoms with Crippen LogP contribution in [-0.2, 0) is 13.2 Å². The fraction of sp³-hybridized carbons (Fsp3) is 0.231. The lowest BCUT2D eigenvalue weighted by Gasteiger charge is -2.11. The number of hydrogen-bond donors (Lipinski definition) is 1. The predicted octanol–water partition coefficient (Wildman–Crippen LogP) is 3.13. The van der Waals surface area contributed by atoms with Gasteiger partial charge in [-0.15, -0.1) is 11.3 Å². The molecule has 0 aliphatic carbocycles. The number of benzene rings is 1. The topological polar surface area (TPSA) is 29.5 Å². The molecule has 0 amide bonds. The van der Waals surface area contributed by atoms with E-state index in [0.29, 0.717) is 6.61 Å². The molecular formula is C13H14O2S. The Morgan fingerprint density at radius 3 is 2.81 bits per heavy atom. The summed E-state index contributed by atoms with van der Waals surface area (Å²) < 4.78 is 5.75. The summed E-state index contributed by atoms with van der Waals surface area (Å²) >= 11 is 1.67. The summed E-state index contributed by atoms with van der Waals surface area (Å²) in [4.78, 5) is 1.19. The first-order valence-corrected chi connectivity index (χ1v) is 6.03. The van der Waals surface area contributed by atoms with Crippen LogP contribution in [-0.4, -0.2) is 5.11 Å². The number of aryl methyl sites for hydroxylation is 1. The third kappa shape index (κ3) is 2.43. The average molecular weight is 234 g/mol. The number of rotatable bonds is 4. The highest BCUT2D eigenvalue weighted by atomic mass is 32.1. The maximum absolute atomic E-state index is 9.22. The molecule has 1 N–H and O–H groups in total. The van der Waals surface area contributed by atoms with E-state index in [1.54, 1.807) is 11.3 Å². The van der Waals surface area contributed by atoms with Gasteiger partial charge in [0.05, 0.1) is 6.61 Å². The second-order valence-corrected chi connectivity index (χ2v) is 4.62. The molecule has 1 heterocycles. The summed E-state index contributed by atoms with van der Waals surface area (Å²) in [5, 5.41) is 11.3. The third-order valence-corrected chi connectivity index (χ3v) is 3.25. The molecule has 2 aromatic rings. The van der Waals surface area contributed by atoms with Crippen molar-refractivity contribution in [2.45, 2.75) is 20.1 Å². The van der Waals surface area contributed by atoms with Crippen molar-refractivity contribution < 1.29 is 9.84 Å². The van der Waals surface area contributed by atoms with Crippen molar-refractivity contribution in [3.8, 4) is 5.75 Å². The zero-order valence-corrected chi connectivity index (χ0v) is 9.96. The molecule has 1 aromatic heterocycles. The van der Waals surface area contributed by atoms with Gasteiger partial charge in [0.15, 0.2) is 0 Å². The molecule has 0 saturated heterocycles. The normalized spacial score (nSPS) is 10.4. The van der Waals surface area contributed by atoms with Gasteiger partial charge in [0, 0.05) is 10.4 Å². The molecule has 0 aliphatic rings. The molecule has 2 rings (SSSR count). The highest BCUT2D eigenvalue weighted by Gasteiger charge is 2.06. The molecule has 0 spiro atoms. The molecule has 1 aromatic carbocycles. The lowest BCUT2D eigenvalue weighted by molar-refractivity contribution is 0.259. The summed E-state index contributed by atoms with van der Waals surface area (Å²) in [5.74, 6) is 0.804. The number of aliphatic hydroxyl groups is 1. The fourth-order valence-corrected chi connectivity index (χ4v) is 2.20. The van der Waals surface area contributed by atoms with Crippen LogP contribution in [0.4, 0.5) is 0 Å². The smallest absolute Gasteiger partial charge is 0.128 e. The molecule has 0 atom stereocenters. The monoisotopic (exact) mass is 234 g/mol. The lowest BCUT2D eigenvalue weighted by Crippen LogP contribution is -1.99. The highest BCUT2D eigenvalue weighted by Crippen LogP contribution is 2.25. The SMILES string of the molecule is Cc1cccc(CO)c1OCc1cccs1. The summed E-state index contributed by atoms with van der Waals surface area (Å²) in [6.45, 7) is 2.57. The Bertz CT molecular complexity index is 449. The first kappa shape index (κ1) is 11.2. The van der Waals surface area contributed by atoms with E-state index < -0.39 is 0 Å². The molecule has 0 radical (unpaired) electrons. The molecule has 84 valence electrons. The third-order valence-electron chi connectivity index (χ3n) is 2.40. The van der Waals surface area contributed by atoms with Crippen LogP contribution < -0.4 is 4.74 Å². The summed E-state index contributed by atoms with van der Waals surface area (Å²) in [6.07, 6.45) is 0. The van der Waals surface area contributed by atoms with Crippen molar-refractivity contribution >= 4 is 11.3 Å². The summed E-state index contributed by atoms with van der Waals surface area (Å²) in [5.41, 5.74) is 1.90. The standard InChI is InChI=1S/C13H14O2S/c1-10-4-2-5-11(8-14)13(10)15-9-12-6-3-7-16-12/h2-7,14H,8-9H2,1H3. The van der Waals surface area contributed by atoms with E-state index in [-0.39, 0.29) is 6.61 Å². The van der Waals surface area contributed by atoms with E-state index in [1.807, 2.05) is 42.6 Å². The van der Waals surface area contributed by atoms with Crippen LogP contribution in [0.3, 0.4) is 0 Å². The van der Waals surface area contributed by atoms with Gasteiger partial charge in [0.25, 0.3) is 0 Å². The Morgan fingerprint density at radius 2 is 2.12 bits per heavy atom. The van der Waals surface area contributed by atoms with Crippen molar-refractivity contribution in [3.63, 3.8) is 0 Å². The largest absolute Gasteiger partial charge is 0.487 e. The van der Waals surface area contributed by atoms with E-state index in [4.69, 9.17) is 4.74 Å². The lowest BCUT2D eigenvalue weighted by atomic mass is 10.1. The molecular weight excluding hydrogens is 220 g/mol. The summed E-state index contributed by atoms with van der Waals surface area (Å²) in [6, 6.07) is 9.86. The second-order valence-electron chi connectivity index (χ2n) is 3.59. The first-order chi connectivity index (χ1) is 7.81. The van der Waals surface area contributed by atoms with Gasteiger partial charge < -0.3 is 9.84 Å². The fourth-order valence-electron chi connectivity index (χ4n) is 1.58. The number of aliphatic hydroxyl groups excluding tert-OH is 1. The van der Waals surface area contributed by atoms with Crippen LogP contribution in [0, 0.1) is 6.92 Å². The predicted molar refractivity (Wildman–Crippen MR) is 65.8 cm³/mol. The Balaban J connectivity index is 2.14. The van der Waals surface area contributed by atoms with Gasteiger partial charge in [-0.05, 0) is 23.9 Å². The van der Waals surface area contributed by atoms with Crippen LogP contribution >= 0.6 is 11.3 Å². The van der Waals surface area contributed by atoms with Gasteiger partial charge in [-0.3, -0.25) is 0 Å². The minimum Gasteiger partial charge on any atom is -0.487 e. The van der Waals surface area contributed by atoms with Crippen LogP contribution in [0.2, 0.25) is 0 Å². The van der Waals surface area contributed by atoms with Crippen LogP contribution in [0.1, 0.15) is 16.0 Å².